The molecular weight excluding hydrogens is 361 g/mol. The summed E-state index contributed by atoms with van der Waals surface area (Å²) in [6.45, 7) is 2.83. The minimum absolute atomic E-state index is 0.337. The number of nitrogens with two attached hydrogens (primary N) is 1. The van der Waals surface area contributed by atoms with E-state index in [1.807, 2.05) is 18.2 Å². The van der Waals surface area contributed by atoms with Gasteiger partial charge in [-0.15, -0.1) is 0 Å². The van der Waals surface area contributed by atoms with Gasteiger partial charge in [-0.3, -0.25) is 0 Å². The summed E-state index contributed by atoms with van der Waals surface area (Å²) in [5.41, 5.74) is 8.32. The molecule has 134 valence electrons. The average Bonchev–Trinajstić information content (AvgIpc) is 2.67. The lowest BCUT2D eigenvalue weighted by Crippen LogP contribution is -2.21. The molecule has 3 rings (SSSR count). The third-order valence-electron chi connectivity index (χ3n) is 4.87. The molecule has 0 fully saturated rings. The zero-order chi connectivity index (χ0) is 18.5. The quantitative estimate of drug-likeness (QED) is 0.508. The van der Waals surface area contributed by atoms with Gasteiger partial charge in [0.25, 0.3) is 0 Å². The summed E-state index contributed by atoms with van der Waals surface area (Å²) in [5, 5.41) is 3.70. The summed E-state index contributed by atoms with van der Waals surface area (Å²) in [7, 11) is 0. The second-order valence-corrected chi connectivity index (χ2v) is 7.61. The Bertz CT molecular complexity index is 917. The third kappa shape index (κ3) is 4.67. The normalized spacial score (nSPS) is 14.0. The highest BCUT2D eigenvalue weighted by atomic mass is 35.5. The highest BCUT2D eigenvalue weighted by molar-refractivity contribution is 6.42. The van der Waals surface area contributed by atoms with E-state index in [-0.39, 0.29) is 0 Å². The molecule has 0 aliphatic heterocycles. The van der Waals surface area contributed by atoms with Crippen LogP contribution in [0.2, 0.25) is 10.0 Å². The topological polar surface area (TPSA) is 26.0 Å². The summed E-state index contributed by atoms with van der Waals surface area (Å²) < 4.78 is 0. The van der Waals surface area contributed by atoms with Gasteiger partial charge in [-0.05, 0) is 64.9 Å². The number of halogens is 2. The van der Waals surface area contributed by atoms with Gasteiger partial charge in [0.15, 0.2) is 0 Å². The fourth-order valence-corrected chi connectivity index (χ4v) is 3.44. The van der Waals surface area contributed by atoms with E-state index in [1.165, 1.54) is 21.9 Å². The molecule has 0 radical (unpaired) electrons. The lowest BCUT2D eigenvalue weighted by molar-refractivity contribution is 0.437. The van der Waals surface area contributed by atoms with Crippen LogP contribution in [0, 0.1) is 11.8 Å². The molecule has 0 saturated heterocycles. The molecule has 0 aliphatic rings. The fraction of sp³-hybridized carbons (Fsp3) is 0.217. The summed E-state index contributed by atoms with van der Waals surface area (Å²) >= 11 is 12.2. The molecule has 0 bridgehead atoms. The molecule has 3 aromatic carbocycles. The summed E-state index contributed by atoms with van der Waals surface area (Å²) in [4.78, 5) is 0. The molecule has 0 heterocycles. The molecule has 0 aliphatic carbocycles. The Labute approximate surface area is 165 Å². The van der Waals surface area contributed by atoms with Crippen LogP contribution in [-0.2, 0) is 6.42 Å². The largest absolute Gasteiger partial charge is 0.330 e. The van der Waals surface area contributed by atoms with Crippen LogP contribution in [0.4, 0.5) is 0 Å². The monoisotopic (exact) mass is 383 g/mol. The molecule has 2 atom stereocenters. The SMILES string of the molecule is C[C@H](CN)[C@H](C=Cc1ccc2ccccc2c1)Cc1ccc(Cl)c(Cl)c1. The zero-order valence-corrected chi connectivity index (χ0v) is 16.3. The van der Waals surface area contributed by atoms with Gasteiger partial charge in [0.1, 0.15) is 0 Å². The van der Waals surface area contributed by atoms with Crippen molar-refractivity contribution in [3.05, 3.63) is 87.9 Å². The Morgan fingerprint density at radius 2 is 1.69 bits per heavy atom. The lowest BCUT2D eigenvalue weighted by Gasteiger charge is -2.20. The third-order valence-corrected chi connectivity index (χ3v) is 5.61. The molecule has 2 N–H and O–H groups in total. The van der Waals surface area contributed by atoms with Crippen molar-refractivity contribution in [2.45, 2.75) is 13.3 Å². The van der Waals surface area contributed by atoms with E-state index in [1.54, 1.807) is 0 Å². The van der Waals surface area contributed by atoms with E-state index in [9.17, 15) is 0 Å². The van der Waals surface area contributed by atoms with Crippen LogP contribution < -0.4 is 5.73 Å². The average molecular weight is 384 g/mol. The molecule has 0 saturated carbocycles. The predicted octanol–water partition coefficient (Wildman–Crippen LogP) is 6.61. The number of hydrogen-bond acceptors (Lipinski definition) is 1. The van der Waals surface area contributed by atoms with E-state index in [0.29, 0.717) is 28.4 Å². The van der Waals surface area contributed by atoms with Crippen LogP contribution in [0.15, 0.2) is 66.7 Å². The molecule has 0 amide bonds. The van der Waals surface area contributed by atoms with Crippen molar-refractivity contribution in [3.63, 3.8) is 0 Å². The van der Waals surface area contributed by atoms with Crippen LogP contribution in [0.3, 0.4) is 0 Å². The predicted molar refractivity (Wildman–Crippen MR) is 115 cm³/mol. The van der Waals surface area contributed by atoms with Crippen molar-refractivity contribution in [2.24, 2.45) is 17.6 Å². The molecular formula is C23H23Cl2N. The first-order valence-electron chi connectivity index (χ1n) is 8.88. The maximum atomic E-state index is 6.16. The van der Waals surface area contributed by atoms with Crippen LogP contribution in [0.5, 0.6) is 0 Å². The van der Waals surface area contributed by atoms with Gasteiger partial charge in [0.2, 0.25) is 0 Å². The first-order chi connectivity index (χ1) is 12.6. The molecule has 1 nitrogen and oxygen atoms in total. The molecule has 0 spiro atoms. The van der Waals surface area contributed by atoms with Crippen molar-refractivity contribution in [1.82, 2.24) is 0 Å². The van der Waals surface area contributed by atoms with Crippen LogP contribution in [-0.4, -0.2) is 6.54 Å². The number of allylic oxidation sites excluding steroid dienone is 1. The molecule has 0 unspecified atom stereocenters. The van der Waals surface area contributed by atoms with E-state index in [0.717, 1.165) is 6.42 Å². The lowest BCUT2D eigenvalue weighted by atomic mass is 9.87. The fourth-order valence-electron chi connectivity index (χ4n) is 3.12. The first-order valence-corrected chi connectivity index (χ1v) is 9.63. The molecule has 26 heavy (non-hydrogen) atoms. The van der Waals surface area contributed by atoms with Gasteiger partial charge in [0.05, 0.1) is 10.0 Å². The van der Waals surface area contributed by atoms with E-state index in [2.05, 4.69) is 61.5 Å². The second-order valence-electron chi connectivity index (χ2n) is 6.80. The number of benzene rings is 3. The first kappa shape index (κ1) is 19.0. The summed E-state index contributed by atoms with van der Waals surface area (Å²) in [6.07, 6.45) is 5.35. The summed E-state index contributed by atoms with van der Waals surface area (Å²) in [6, 6.07) is 20.8. The standard InChI is InChI=1S/C23H23Cl2N/c1-16(15-26)20(13-18-8-11-22(24)23(25)14-18)10-7-17-6-9-19-4-2-3-5-21(19)12-17/h2-12,14,16,20H,13,15,26H2,1H3/t16-,20-/m1/s1. The van der Waals surface area contributed by atoms with E-state index >= 15 is 0 Å². The second kappa shape index (κ2) is 8.73. The minimum Gasteiger partial charge on any atom is -0.330 e. The van der Waals surface area contributed by atoms with E-state index < -0.39 is 0 Å². The van der Waals surface area contributed by atoms with Gasteiger partial charge in [0, 0.05) is 0 Å². The molecule has 0 aromatic heterocycles. The Hall–Kier alpha value is -1.80. The highest BCUT2D eigenvalue weighted by Crippen LogP contribution is 2.26. The Balaban J connectivity index is 1.82. The van der Waals surface area contributed by atoms with E-state index in [4.69, 9.17) is 28.9 Å². The maximum Gasteiger partial charge on any atom is 0.0595 e. The van der Waals surface area contributed by atoms with Crippen LogP contribution >= 0.6 is 23.2 Å². The number of rotatable bonds is 6. The highest BCUT2D eigenvalue weighted by Gasteiger charge is 2.14. The smallest absolute Gasteiger partial charge is 0.0595 e. The number of hydrogen-bond donors (Lipinski definition) is 1. The Kier molecular flexibility index (Phi) is 6.37. The minimum atomic E-state index is 0.337. The van der Waals surface area contributed by atoms with Gasteiger partial charge in [-0.1, -0.05) is 84.7 Å². The Morgan fingerprint density at radius 1 is 0.923 bits per heavy atom. The maximum absolute atomic E-state index is 6.16. The molecule has 3 aromatic rings. The van der Waals surface area contributed by atoms with Gasteiger partial charge < -0.3 is 5.73 Å². The van der Waals surface area contributed by atoms with Crippen molar-refractivity contribution >= 4 is 40.1 Å². The van der Waals surface area contributed by atoms with Crippen molar-refractivity contribution < 1.29 is 0 Å². The zero-order valence-electron chi connectivity index (χ0n) is 14.8. The Morgan fingerprint density at radius 3 is 2.42 bits per heavy atom. The summed E-state index contributed by atoms with van der Waals surface area (Å²) in [5.74, 6) is 0.713. The van der Waals surface area contributed by atoms with Gasteiger partial charge in [-0.25, -0.2) is 0 Å². The van der Waals surface area contributed by atoms with Gasteiger partial charge in [-0.2, -0.15) is 0 Å². The van der Waals surface area contributed by atoms with Crippen LogP contribution in [0.1, 0.15) is 18.1 Å². The van der Waals surface area contributed by atoms with Crippen LogP contribution in [0.25, 0.3) is 16.8 Å². The molecule has 3 heteroatoms. The number of fused-ring (bicyclic) bond motifs is 1. The van der Waals surface area contributed by atoms with Crippen molar-refractivity contribution in [2.75, 3.05) is 6.54 Å². The van der Waals surface area contributed by atoms with Crippen molar-refractivity contribution in [3.8, 4) is 0 Å². The van der Waals surface area contributed by atoms with Gasteiger partial charge >= 0.3 is 0 Å². The van der Waals surface area contributed by atoms with Crippen molar-refractivity contribution in [1.29, 1.82) is 0 Å².